The van der Waals surface area contributed by atoms with Gasteiger partial charge in [-0.2, -0.15) is 0 Å². The summed E-state index contributed by atoms with van der Waals surface area (Å²) in [6.45, 7) is 9.43. The van der Waals surface area contributed by atoms with Crippen molar-refractivity contribution in [3.05, 3.63) is 102 Å². The summed E-state index contributed by atoms with van der Waals surface area (Å²) >= 11 is 0. The Labute approximate surface area is 282 Å². The van der Waals surface area contributed by atoms with Crippen molar-refractivity contribution in [2.45, 2.75) is 83.7 Å². The first kappa shape index (κ1) is 37.6. The van der Waals surface area contributed by atoms with E-state index >= 15 is 0 Å². The topological polar surface area (TPSA) is 154 Å². The standard InChI is InChI=1S/C37H47N3O8/c1-36(2,3)47-34(45)30(24-26-15-11-8-12-16-26)38-32(43)31(27-17-19-28(42)20-18-27)40(21-22-41)33(44)29(23-25-13-9-7-10-14-25)39-35(46)48-37(4,5)6/h7-20,29-31,41-42H,21-24H2,1-6H3,(H,38,43)(H,39,46). The van der Waals surface area contributed by atoms with E-state index in [-0.39, 0.29) is 25.1 Å². The molecule has 0 saturated heterocycles. The van der Waals surface area contributed by atoms with Gasteiger partial charge in [-0.3, -0.25) is 9.59 Å². The second-order valence-corrected chi connectivity index (χ2v) is 13.4. The number of phenols is 1. The molecule has 0 radical (unpaired) electrons. The van der Waals surface area contributed by atoms with Gasteiger partial charge in [0.2, 0.25) is 11.8 Å². The quantitative estimate of drug-likeness (QED) is 0.196. The van der Waals surface area contributed by atoms with Crippen LogP contribution in [0.25, 0.3) is 0 Å². The minimum atomic E-state index is -1.38. The summed E-state index contributed by atoms with van der Waals surface area (Å²) in [5, 5.41) is 25.6. The van der Waals surface area contributed by atoms with Crippen molar-refractivity contribution in [2.75, 3.05) is 13.2 Å². The van der Waals surface area contributed by atoms with E-state index in [1.165, 1.54) is 24.3 Å². The van der Waals surface area contributed by atoms with Crippen molar-refractivity contribution >= 4 is 23.9 Å². The van der Waals surface area contributed by atoms with E-state index in [4.69, 9.17) is 9.47 Å². The average Bonchev–Trinajstić information content (AvgIpc) is 3.00. The van der Waals surface area contributed by atoms with Crippen LogP contribution >= 0.6 is 0 Å². The second kappa shape index (κ2) is 16.8. The zero-order valence-corrected chi connectivity index (χ0v) is 28.4. The molecule has 3 atom stereocenters. The molecule has 0 bridgehead atoms. The van der Waals surface area contributed by atoms with Gasteiger partial charge in [-0.15, -0.1) is 0 Å². The number of aliphatic hydroxyl groups excluding tert-OH is 1. The highest BCUT2D eigenvalue weighted by Crippen LogP contribution is 2.26. The highest BCUT2D eigenvalue weighted by atomic mass is 16.6. The molecule has 3 rings (SSSR count). The summed E-state index contributed by atoms with van der Waals surface area (Å²) in [5.74, 6) is -2.14. The van der Waals surface area contributed by atoms with Crippen molar-refractivity contribution in [2.24, 2.45) is 0 Å². The molecule has 258 valence electrons. The van der Waals surface area contributed by atoms with Gasteiger partial charge < -0.3 is 35.2 Å². The van der Waals surface area contributed by atoms with Gasteiger partial charge in [0.1, 0.15) is 35.1 Å². The van der Waals surface area contributed by atoms with Crippen LogP contribution in [0.5, 0.6) is 5.75 Å². The first-order valence-corrected chi connectivity index (χ1v) is 15.9. The summed E-state index contributed by atoms with van der Waals surface area (Å²) < 4.78 is 11.1. The van der Waals surface area contributed by atoms with Crippen LogP contribution in [-0.2, 0) is 36.7 Å². The lowest BCUT2D eigenvalue weighted by Crippen LogP contribution is -2.56. The number of aromatic hydroxyl groups is 1. The lowest BCUT2D eigenvalue weighted by molar-refractivity contribution is -0.159. The SMILES string of the molecule is CC(C)(C)OC(=O)NC(Cc1ccccc1)C(=O)N(CCO)C(C(=O)NC(Cc1ccccc1)C(=O)OC(C)(C)C)c1ccc(O)cc1. The average molecular weight is 662 g/mol. The van der Waals surface area contributed by atoms with Crippen molar-refractivity contribution in [3.63, 3.8) is 0 Å². The minimum Gasteiger partial charge on any atom is -0.508 e. The van der Waals surface area contributed by atoms with E-state index in [2.05, 4.69) is 10.6 Å². The van der Waals surface area contributed by atoms with Gasteiger partial charge in [-0.05, 0) is 70.4 Å². The van der Waals surface area contributed by atoms with Crippen LogP contribution in [0.15, 0.2) is 84.9 Å². The van der Waals surface area contributed by atoms with Crippen LogP contribution in [-0.4, -0.2) is 75.4 Å². The van der Waals surface area contributed by atoms with E-state index in [1.807, 2.05) is 36.4 Å². The van der Waals surface area contributed by atoms with Crippen LogP contribution < -0.4 is 10.6 Å². The second-order valence-electron chi connectivity index (χ2n) is 13.4. The van der Waals surface area contributed by atoms with Gasteiger partial charge in [0, 0.05) is 19.4 Å². The molecule has 0 aliphatic heterocycles. The molecule has 3 unspecified atom stereocenters. The van der Waals surface area contributed by atoms with Crippen LogP contribution in [0.3, 0.4) is 0 Å². The van der Waals surface area contributed by atoms with Crippen molar-refractivity contribution in [3.8, 4) is 5.75 Å². The zero-order chi connectivity index (χ0) is 35.5. The highest BCUT2D eigenvalue weighted by Gasteiger charge is 2.38. The van der Waals surface area contributed by atoms with Crippen LogP contribution in [0, 0.1) is 0 Å². The smallest absolute Gasteiger partial charge is 0.408 e. The Hall–Kier alpha value is -4.90. The number of aliphatic hydroxyl groups is 1. The number of amides is 3. The summed E-state index contributed by atoms with van der Waals surface area (Å²) in [6.07, 6.45) is -0.673. The number of esters is 1. The Morgan fingerprint density at radius 1 is 0.708 bits per heavy atom. The predicted molar refractivity (Wildman–Crippen MR) is 181 cm³/mol. The van der Waals surface area contributed by atoms with Crippen LogP contribution in [0.4, 0.5) is 4.79 Å². The molecule has 4 N–H and O–H groups in total. The molecule has 48 heavy (non-hydrogen) atoms. The number of hydrogen-bond donors (Lipinski definition) is 4. The van der Waals surface area contributed by atoms with E-state index < -0.39 is 59.8 Å². The van der Waals surface area contributed by atoms with Gasteiger partial charge in [0.15, 0.2) is 0 Å². The first-order chi connectivity index (χ1) is 22.6. The molecule has 0 saturated carbocycles. The number of phenolic OH excluding ortho intramolecular Hbond substituents is 1. The largest absolute Gasteiger partial charge is 0.508 e. The van der Waals surface area contributed by atoms with Crippen molar-refractivity contribution in [1.29, 1.82) is 0 Å². The zero-order valence-electron chi connectivity index (χ0n) is 28.4. The molecule has 3 amide bonds. The molecule has 11 heteroatoms. The molecule has 3 aromatic rings. The molecule has 0 aliphatic rings. The van der Waals surface area contributed by atoms with Gasteiger partial charge in [-0.1, -0.05) is 72.8 Å². The number of carbonyl (C=O) groups is 4. The third kappa shape index (κ3) is 12.0. The molecule has 0 fully saturated rings. The van der Waals surface area contributed by atoms with E-state index in [1.54, 1.807) is 65.8 Å². The Morgan fingerprint density at radius 3 is 1.69 bits per heavy atom. The van der Waals surface area contributed by atoms with E-state index in [0.29, 0.717) is 5.56 Å². The van der Waals surface area contributed by atoms with Crippen molar-refractivity contribution in [1.82, 2.24) is 15.5 Å². The number of ether oxygens (including phenoxy) is 2. The lowest BCUT2D eigenvalue weighted by atomic mass is 9.99. The monoisotopic (exact) mass is 661 g/mol. The normalized spacial score (nSPS) is 13.4. The maximum atomic E-state index is 14.4. The van der Waals surface area contributed by atoms with E-state index in [0.717, 1.165) is 16.0 Å². The third-order valence-electron chi connectivity index (χ3n) is 6.95. The fourth-order valence-corrected chi connectivity index (χ4v) is 4.97. The van der Waals surface area contributed by atoms with Crippen LogP contribution in [0.2, 0.25) is 0 Å². The van der Waals surface area contributed by atoms with E-state index in [9.17, 15) is 29.4 Å². The molecule has 11 nitrogen and oxygen atoms in total. The summed E-state index contributed by atoms with van der Waals surface area (Å²) in [6, 6.07) is 20.1. The number of benzene rings is 3. The van der Waals surface area contributed by atoms with Gasteiger partial charge >= 0.3 is 12.1 Å². The Kier molecular flexibility index (Phi) is 13.1. The first-order valence-electron chi connectivity index (χ1n) is 15.9. The molecular formula is C37H47N3O8. The number of alkyl carbamates (subject to hydrolysis) is 1. The summed E-state index contributed by atoms with van der Waals surface area (Å²) in [4.78, 5) is 56.3. The Balaban J connectivity index is 2.06. The van der Waals surface area contributed by atoms with Gasteiger partial charge in [0.05, 0.1) is 6.61 Å². The molecule has 0 spiro atoms. The molecule has 0 aliphatic carbocycles. The molecule has 0 heterocycles. The molecule has 0 aromatic heterocycles. The number of rotatable bonds is 13. The maximum absolute atomic E-state index is 14.4. The number of carbonyl (C=O) groups excluding carboxylic acids is 4. The highest BCUT2D eigenvalue weighted by molar-refractivity contribution is 5.94. The van der Waals surface area contributed by atoms with Crippen LogP contribution in [0.1, 0.15) is 64.3 Å². The maximum Gasteiger partial charge on any atom is 0.408 e. The fourth-order valence-electron chi connectivity index (χ4n) is 4.97. The predicted octanol–water partition coefficient (Wildman–Crippen LogP) is 4.46. The third-order valence-corrected chi connectivity index (χ3v) is 6.95. The van der Waals surface area contributed by atoms with Gasteiger partial charge in [0.25, 0.3) is 0 Å². The van der Waals surface area contributed by atoms with Crippen molar-refractivity contribution < 1.29 is 38.9 Å². The number of nitrogens with zero attached hydrogens (tertiary/aromatic N) is 1. The molecule has 3 aromatic carbocycles. The number of hydrogen-bond acceptors (Lipinski definition) is 8. The fraction of sp³-hybridized carbons (Fsp3) is 0.405. The summed E-state index contributed by atoms with van der Waals surface area (Å²) in [5.41, 5.74) is 0.103. The Bertz CT molecular complexity index is 1500. The number of nitrogens with one attached hydrogen (secondary N) is 2. The Morgan fingerprint density at radius 2 is 1.21 bits per heavy atom. The lowest BCUT2D eigenvalue weighted by Gasteiger charge is -2.35. The van der Waals surface area contributed by atoms with Gasteiger partial charge in [-0.25, -0.2) is 9.59 Å². The summed E-state index contributed by atoms with van der Waals surface area (Å²) in [7, 11) is 0. The molecular weight excluding hydrogens is 614 g/mol. The minimum absolute atomic E-state index is 0.0549.